The number of rotatable bonds is 7. The van der Waals surface area contributed by atoms with Crippen LogP contribution < -0.4 is 10.6 Å². The third kappa shape index (κ3) is 6.78. The number of sulfonamides is 1. The fraction of sp³-hybridized carbons (Fsp3) is 0.409. The number of hydrogen-bond acceptors (Lipinski definition) is 6. The Hall–Kier alpha value is -2.43. The van der Waals surface area contributed by atoms with Crippen molar-refractivity contribution in [3.63, 3.8) is 0 Å². The quantitative estimate of drug-likeness (QED) is 0.595. The van der Waals surface area contributed by atoms with Crippen LogP contribution in [-0.2, 0) is 21.4 Å². The Morgan fingerprint density at radius 3 is 2.38 bits per heavy atom. The number of imide groups is 1. The molecular weight excluding hydrogens is 448 g/mol. The number of aromatic nitrogens is 1. The number of benzene rings is 1. The molecule has 1 aliphatic heterocycles. The maximum atomic E-state index is 12.8. The lowest BCUT2D eigenvalue weighted by Crippen LogP contribution is -2.42. The molecule has 0 saturated carbocycles. The van der Waals surface area contributed by atoms with Crippen molar-refractivity contribution in [3.05, 3.63) is 54.2 Å². The van der Waals surface area contributed by atoms with Crippen molar-refractivity contribution in [2.75, 3.05) is 13.1 Å². The van der Waals surface area contributed by atoms with E-state index in [4.69, 9.17) is 0 Å². The molecule has 1 aromatic carbocycles. The molecule has 1 aliphatic rings. The Balaban J connectivity index is 1.51. The van der Waals surface area contributed by atoms with Crippen molar-refractivity contribution >= 4 is 33.7 Å². The van der Waals surface area contributed by atoms with E-state index in [1.165, 1.54) is 16.6 Å². The fourth-order valence-electron chi connectivity index (χ4n) is 3.29. The molecule has 1 aromatic heterocycles. The van der Waals surface area contributed by atoms with Gasteiger partial charge in [-0.05, 0) is 37.5 Å². The fourth-order valence-corrected chi connectivity index (χ4v) is 5.54. The zero-order valence-electron chi connectivity index (χ0n) is 18.0. The number of urea groups is 1. The minimum Gasteiger partial charge on any atom is -0.334 e. The molecule has 3 rings (SSSR count). The maximum absolute atomic E-state index is 12.8. The molecule has 1 atom stereocenters. The lowest BCUT2D eigenvalue weighted by Gasteiger charge is -2.19. The summed E-state index contributed by atoms with van der Waals surface area (Å²) < 4.78 is 27.2. The molecule has 3 amide bonds. The Morgan fingerprint density at radius 2 is 1.75 bits per heavy atom. The number of pyridine rings is 1. The molecule has 10 heteroatoms. The molecule has 8 nitrogen and oxygen atoms in total. The van der Waals surface area contributed by atoms with Crippen molar-refractivity contribution < 1.29 is 18.0 Å². The summed E-state index contributed by atoms with van der Waals surface area (Å²) in [6.45, 7) is 3.04. The molecule has 2 aromatic rings. The smallest absolute Gasteiger partial charge is 0.321 e. The van der Waals surface area contributed by atoms with E-state index in [-0.39, 0.29) is 4.90 Å². The lowest BCUT2D eigenvalue weighted by molar-refractivity contribution is -0.119. The van der Waals surface area contributed by atoms with Gasteiger partial charge in [0.2, 0.25) is 15.9 Å². The van der Waals surface area contributed by atoms with Crippen LogP contribution in [0.1, 0.15) is 38.2 Å². The molecule has 172 valence electrons. The van der Waals surface area contributed by atoms with Crippen molar-refractivity contribution in [1.29, 1.82) is 0 Å². The van der Waals surface area contributed by atoms with E-state index >= 15 is 0 Å². The van der Waals surface area contributed by atoms with Gasteiger partial charge < -0.3 is 5.32 Å². The van der Waals surface area contributed by atoms with E-state index in [0.29, 0.717) is 24.7 Å². The first kappa shape index (κ1) is 24.2. The van der Waals surface area contributed by atoms with Gasteiger partial charge in [-0.25, -0.2) is 18.2 Å². The topological polar surface area (TPSA) is 108 Å². The second-order valence-corrected chi connectivity index (χ2v) is 10.9. The molecule has 0 radical (unpaired) electrons. The molecule has 1 fully saturated rings. The predicted octanol–water partition coefficient (Wildman–Crippen LogP) is 3.15. The summed E-state index contributed by atoms with van der Waals surface area (Å²) in [7, 11) is -3.56. The van der Waals surface area contributed by atoms with E-state index < -0.39 is 27.2 Å². The number of hydrogen-bond donors (Lipinski definition) is 2. The highest BCUT2D eigenvalue weighted by Crippen LogP contribution is 2.24. The van der Waals surface area contributed by atoms with Crippen LogP contribution in [0.3, 0.4) is 0 Å². The Kier molecular flexibility index (Phi) is 8.66. The third-order valence-electron chi connectivity index (χ3n) is 5.11. The van der Waals surface area contributed by atoms with Gasteiger partial charge in [0.05, 0.1) is 10.3 Å². The SMILES string of the molecule is CC(Sc1ccc(S(=O)(=O)N2CCCCCC2)cn1)C(=O)NC(=O)NCc1ccccc1. The summed E-state index contributed by atoms with van der Waals surface area (Å²) in [4.78, 5) is 28.7. The number of thioether (sulfide) groups is 1. The summed E-state index contributed by atoms with van der Waals surface area (Å²) in [5.41, 5.74) is 0.928. The molecule has 2 N–H and O–H groups in total. The van der Waals surface area contributed by atoms with Crippen molar-refractivity contribution in [2.24, 2.45) is 0 Å². The Bertz CT molecular complexity index is 1010. The zero-order chi connectivity index (χ0) is 23.0. The van der Waals surface area contributed by atoms with E-state index in [2.05, 4.69) is 15.6 Å². The van der Waals surface area contributed by atoms with Crippen LogP contribution >= 0.6 is 11.8 Å². The van der Waals surface area contributed by atoms with Crippen molar-refractivity contribution in [2.45, 2.75) is 54.3 Å². The number of nitrogens with zero attached hydrogens (tertiary/aromatic N) is 2. The van der Waals surface area contributed by atoms with E-state index in [0.717, 1.165) is 43.0 Å². The van der Waals surface area contributed by atoms with Gasteiger partial charge in [-0.15, -0.1) is 0 Å². The van der Waals surface area contributed by atoms with Crippen LogP contribution in [0.2, 0.25) is 0 Å². The summed E-state index contributed by atoms with van der Waals surface area (Å²) >= 11 is 1.15. The Morgan fingerprint density at radius 1 is 1.06 bits per heavy atom. The highest BCUT2D eigenvalue weighted by molar-refractivity contribution is 8.00. The molecular formula is C22H28N4O4S2. The maximum Gasteiger partial charge on any atom is 0.321 e. The Labute approximate surface area is 193 Å². The van der Waals surface area contributed by atoms with E-state index in [9.17, 15) is 18.0 Å². The summed E-state index contributed by atoms with van der Waals surface area (Å²) in [6.07, 6.45) is 5.16. The van der Waals surface area contributed by atoms with Gasteiger partial charge >= 0.3 is 6.03 Å². The zero-order valence-corrected chi connectivity index (χ0v) is 19.6. The molecule has 0 bridgehead atoms. The molecule has 1 unspecified atom stereocenters. The first-order valence-electron chi connectivity index (χ1n) is 10.6. The molecule has 0 spiro atoms. The average Bonchev–Trinajstić information content (AvgIpc) is 3.09. The van der Waals surface area contributed by atoms with Gasteiger partial charge in [-0.3, -0.25) is 10.1 Å². The largest absolute Gasteiger partial charge is 0.334 e. The first-order valence-corrected chi connectivity index (χ1v) is 12.9. The van der Waals surface area contributed by atoms with Crippen LogP contribution in [0.15, 0.2) is 58.6 Å². The molecule has 32 heavy (non-hydrogen) atoms. The minimum atomic E-state index is -3.56. The number of amides is 3. The van der Waals surface area contributed by atoms with Gasteiger partial charge in [0.15, 0.2) is 0 Å². The van der Waals surface area contributed by atoms with Crippen LogP contribution in [0.5, 0.6) is 0 Å². The second-order valence-electron chi connectivity index (χ2n) is 7.57. The second kappa shape index (κ2) is 11.4. The number of nitrogens with one attached hydrogen (secondary N) is 2. The molecule has 0 aliphatic carbocycles. The normalized spacial score (nSPS) is 16.0. The van der Waals surface area contributed by atoms with Crippen LogP contribution in [0.25, 0.3) is 0 Å². The highest BCUT2D eigenvalue weighted by atomic mass is 32.2. The first-order chi connectivity index (χ1) is 15.4. The van der Waals surface area contributed by atoms with Crippen LogP contribution in [-0.4, -0.2) is 48.0 Å². The van der Waals surface area contributed by atoms with E-state index in [1.807, 2.05) is 30.3 Å². The number of carbonyl (C=O) groups is 2. The van der Waals surface area contributed by atoms with Gasteiger partial charge in [0.25, 0.3) is 0 Å². The summed E-state index contributed by atoms with van der Waals surface area (Å²) in [6, 6.07) is 11.9. The predicted molar refractivity (Wildman–Crippen MR) is 124 cm³/mol. The lowest BCUT2D eigenvalue weighted by atomic mass is 10.2. The summed E-state index contributed by atoms with van der Waals surface area (Å²) in [5.74, 6) is -0.455. The van der Waals surface area contributed by atoms with E-state index in [1.54, 1.807) is 13.0 Å². The third-order valence-corrected chi connectivity index (χ3v) is 8.04. The number of carbonyl (C=O) groups excluding carboxylic acids is 2. The van der Waals surface area contributed by atoms with Gasteiger partial charge in [-0.1, -0.05) is 54.9 Å². The minimum absolute atomic E-state index is 0.154. The standard InChI is InChI=1S/C22H28N4O4S2/c1-17(21(27)25-22(28)24-15-18-9-5-4-6-10-18)31-20-12-11-19(16-23-20)32(29,30)26-13-7-2-3-8-14-26/h4-6,9-12,16-17H,2-3,7-8,13-15H2,1H3,(H2,24,25,27,28). The van der Waals surface area contributed by atoms with Crippen LogP contribution in [0, 0.1) is 0 Å². The average molecular weight is 477 g/mol. The van der Waals surface area contributed by atoms with Crippen molar-refractivity contribution in [3.8, 4) is 0 Å². The monoisotopic (exact) mass is 476 g/mol. The molecule has 1 saturated heterocycles. The summed E-state index contributed by atoms with van der Waals surface area (Å²) in [5, 5.41) is 4.88. The van der Waals surface area contributed by atoms with Gasteiger partial charge in [0.1, 0.15) is 4.90 Å². The molecule has 2 heterocycles. The van der Waals surface area contributed by atoms with Crippen molar-refractivity contribution in [1.82, 2.24) is 19.9 Å². The van der Waals surface area contributed by atoms with Crippen LogP contribution in [0.4, 0.5) is 4.79 Å². The van der Waals surface area contributed by atoms with Gasteiger partial charge in [0, 0.05) is 25.8 Å². The highest BCUT2D eigenvalue weighted by Gasteiger charge is 2.26. The van der Waals surface area contributed by atoms with Gasteiger partial charge in [-0.2, -0.15) is 4.31 Å².